The van der Waals surface area contributed by atoms with Crippen molar-refractivity contribution in [2.24, 2.45) is 0 Å². The molecule has 26 heavy (non-hydrogen) atoms. The molecule has 0 radical (unpaired) electrons. The van der Waals surface area contributed by atoms with Crippen LogP contribution >= 0.6 is 11.8 Å². The Morgan fingerprint density at radius 2 is 1.46 bits per heavy atom. The summed E-state index contributed by atoms with van der Waals surface area (Å²) in [6.07, 6.45) is 0. The first kappa shape index (κ1) is 19.5. The number of halogens is 1. The van der Waals surface area contributed by atoms with E-state index in [1.807, 2.05) is 0 Å². The van der Waals surface area contributed by atoms with Crippen molar-refractivity contribution in [3.05, 3.63) is 54.3 Å². The number of nitrogens with one attached hydrogen (secondary N) is 3. The molecule has 0 aliphatic rings. The lowest BCUT2D eigenvalue weighted by Crippen LogP contribution is -2.33. The third-order valence-corrected chi connectivity index (χ3v) is 4.13. The maximum Gasteiger partial charge on any atom is 0.243 e. The van der Waals surface area contributed by atoms with Crippen LogP contribution in [0, 0.1) is 5.82 Å². The number of benzene rings is 2. The summed E-state index contributed by atoms with van der Waals surface area (Å²) in [6.45, 7) is 1.26. The van der Waals surface area contributed by atoms with E-state index in [9.17, 15) is 18.8 Å². The minimum atomic E-state index is -0.394. The highest BCUT2D eigenvalue weighted by Crippen LogP contribution is 2.20. The fourth-order valence-electron chi connectivity index (χ4n) is 1.95. The van der Waals surface area contributed by atoms with Crippen LogP contribution in [-0.4, -0.2) is 30.0 Å². The van der Waals surface area contributed by atoms with Gasteiger partial charge in [0.05, 0.1) is 12.3 Å². The van der Waals surface area contributed by atoms with Gasteiger partial charge in [0, 0.05) is 23.2 Å². The van der Waals surface area contributed by atoms with Crippen LogP contribution in [0.2, 0.25) is 0 Å². The molecule has 0 aliphatic carbocycles. The molecule has 0 atom stereocenters. The summed E-state index contributed by atoms with van der Waals surface area (Å²) in [5.41, 5.74) is 1.14. The zero-order chi connectivity index (χ0) is 18.9. The Hall–Kier alpha value is -2.87. The lowest BCUT2D eigenvalue weighted by molar-refractivity contribution is -0.122. The first-order valence-corrected chi connectivity index (χ1v) is 8.73. The molecule has 0 bridgehead atoms. The number of hydrogen-bond donors (Lipinski definition) is 3. The molecule has 0 saturated carbocycles. The van der Waals surface area contributed by atoms with Crippen molar-refractivity contribution >= 4 is 40.9 Å². The van der Waals surface area contributed by atoms with Crippen LogP contribution in [0.3, 0.4) is 0 Å². The Labute approximate surface area is 154 Å². The van der Waals surface area contributed by atoms with Gasteiger partial charge in [-0.05, 0) is 48.5 Å². The number of amides is 3. The number of carbonyl (C=O) groups is 3. The van der Waals surface area contributed by atoms with Gasteiger partial charge in [-0.3, -0.25) is 14.4 Å². The van der Waals surface area contributed by atoms with E-state index in [0.29, 0.717) is 11.4 Å². The van der Waals surface area contributed by atoms with Crippen LogP contribution in [-0.2, 0) is 14.4 Å². The van der Waals surface area contributed by atoms with E-state index < -0.39 is 11.7 Å². The van der Waals surface area contributed by atoms with Crippen molar-refractivity contribution < 1.29 is 18.8 Å². The highest BCUT2D eigenvalue weighted by molar-refractivity contribution is 8.00. The fourth-order valence-corrected chi connectivity index (χ4v) is 2.68. The summed E-state index contributed by atoms with van der Waals surface area (Å²) in [5.74, 6) is -1.06. The van der Waals surface area contributed by atoms with E-state index in [2.05, 4.69) is 16.0 Å². The summed E-state index contributed by atoms with van der Waals surface area (Å²) in [5, 5.41) is 7.74. The number of thioether (sulfide) groups is 1. The molecule has 2 rings (SSSR count). The highest BCUT2D eigenvalue weighted by Gasteiger charge is 2.07. The Bertz CT molecular complexity index is 779. The van der Waals surface area contributed by atoms with Gasteiger partial charge < -0.3 is 16.0 Å². The quantitative estimate of drug-likeness (QED) is 0.649. The van der Waals surface area contributed by atoms with Gasteiger partial charge in [-0.15, -0.1) is 11.8 Å². The second-order valence-corrected chi connectivity index (χ2v) is 6.37. The molecular weight excluding hydrogens is 357 g/mol. The molecule has 6 nitrogen and oxygen atoms in total. The normalized spacial score (nSPS) is 10.1. The predicted octanol–water partition coefficient (Wildman–Crippen LogP) is 2.63. The molecule has 0 unspecified atom stereocenters. The molecule has 0 saturated heterocycles. The van der Waals surface area contributed by atoms with Crippen LogP contribution in [0.4, 0.5) is 15.8 Å². The highest BCUT2D eigenvalue weighted by atomic mass is 32.2. The van der Waals surface area contributed by atoms with Gasteiger partial charge in [0.15, 0.2) is 0 Å². The van der Waals surface area contributed by atoms with E-state index in [4.69, 9.17) is 0 Å². The molecule has 0 aromatic heterocycles. The van der Waals surface area contributed by atoms with Gasteiger partial charge in [-0.25, -0.2) is 4.39 Å². The zero-order valence-corrected chi connectivity index (χ0v) is 14.9. The molecule has 136 valence electrons. The SMILES string of the molecule is CC(=O)Nc1ccc(SCC(=O)NCC(=O)Nc2ccc(F)cc2)cc1. The summed E-state index contributed by atoms with van der Waals surface area (Å²) in [7, 11) is 0. The maximum absolute atomic E-state index is 12.8. The van der Waals surface area contributed by atoms with Crippen LogP contribution < -0.4 is 16.0 Å². The van der Waals surface area contributed by atoms with E-state index >= 15 is 0 Å². The minimum Gasteiger partial charge on any atom is -0.346 e. The molecule has 2 aromatic rings. The van der Waals surface area contributed by atoms with Gasteiger partial charge >= 0.3 is 0 Å². The van der Waals surface area contributed by atoms with Crippen LogP contribution in [0.1, 0.15) is 6.92 Å². The summed E-state index contributed by atoms with van der Waals surface area (Å²) >= 11 is 1.32. The Morgan fingerprint density at radius 3 is 2.08 bits per heavy atom. The average Bonchev–Trinajstić information content (AvgIpc) is 2.61. The summed E-state index contributed by atoms with van der Waals surface area (Å²) < 4.78 is 12.8. The van der Waals surface area contributed by atoms with E-state index in [1.54, 1.807) is 24.3 Å². The number of rotatable bonds is 7. The first-order valence-electron chi connectivity index (χ1n) is 7.75. The summed E-state index contributed by atoms with van der Waals surface area (Å²) in [4.78, 5) is 35.4. The molecule has 3 amide bonds. The first-order chi connectivity index (χ1) is 12.4. The molecule has 8 heteroatoms. The van der Waals surface area contributed by atoms with Gasteiger partial charge in [-0.1, -0.05) is 0 Å². The molecule has 0 spiro atoms. The monoisotopic (exact) mass is 375 g/mol. The van der Waals surface area contributed by atoms with Crippen molar-refractivity contribution in [3.8, 4) is 0 Å². The largest absolute Gasteiger partial charge is 0.346 e. The third-order valence-electron chi connectivity index (χ3n) is 3.12. The average molecular weight is 375 g/mol. The van der Waals surface area contributed by atoms with Gasteiger partial charge in [-0.2, -0.15) is 0 Å². The van der Waals surface area contributed by atoms with E-state index in [1.165, 1.54) is 43.0 Å². The van der Waals surface area contributed by atoms with Crippen molar-refractivity contribution in [1.29, 1.82) is 0 Å². The van der Waals surface area contributed by atoms with Crippen molar-refractivity contribution in [3.63, 3.8) is 0 Å². The summed E-state index contributed by atoms with van der Waals surface area (Å²) in [6, 6.07) is 12.4. The second-order valence-electron chi connectivity index (χ2n) is 5.33. The molecule has 0 fully saturated rings. The van der Waals surface area contributed by atoms with Crippen molar-refractivity contribution in [2.75, 3.05) is 22.9 Å². The van der Waals surface area contributed by atoms with E-state index in [-0.39, 0.29) is 24.1 Å². The van der Waals surface area contributed by atoms with Crippen LogP contribution in [0.25, 0.3) is 0 Å². The molecular formula is C18H18FN3O3S. The molecule has 0 heterocycles. The number of hydrogen-bond acceptors (Lipinski definition) is 4. The van der Waals surface area contributed by atoms with Gasteiger partial charge in [0.1, 0.15) is 5.82 Å². The van der Waals surface area contributed by atoms with Gasteiger partial charge in [0.25, 0.3) is 0 Å². The van der Waals surface area contributed by atoms with Crippen LogP contribution in [0.15, 0.2) is 53.4 Å². The smallest absolute Gasteiger partial charge is 0.243 e. The topological polar surface area (TPSA) is 87.3 Å². The van der Waals surface area contributed by atoms with Crippen molar-refractivity contribution in [1.82, 2.24) is 5.32 Å². The maximum atomic E-state index is 12.8. The Kier molecular flexibility index (Phi) is 7.16. The Morgan fingerprint density at radius 1 is 0.885 bits per heavy atom. The van der Waals surface area contributed by atoms with E-state index in [0.717, 1.165) is 4.90 Å². The molecule has 3 N–H and O–H groups in total. The van der Waals surface area contributed by atoms with Gasteiger partial charge in [0.2, 0.25) is 17.7 Å². The second kappa shape index (κ2) is 9.57. The standard InChI is InChI=1S/C18H18FN3O3S/c1-12(23)21-14-6-8-16(9-7-14)26-11-18(25)20-10-17(24)22-15-4-2-13(19)3-5-15/h2-9H,10-11H2,1H3,(H,20,25)(H,21,23)(H,22,24). The fraction of sp³-hybridized carbons (Fsp3) is 0.167. The lowest BCUT2D eigenvalue weighted by Gasteiger charge is -2.07. The molecule has 0 aliphatic heterocycles. The third kappa shape index (κ3) is 6.94. The number of carbonyl (C=O) groups excluding carboxylic acids is 3. The Balaban J connectivity index is 1.70. The zero-order valence-electron chi connectivity index (χ0n) is 14.0. The van der Waals surface area contributed by atoms with Crippen molar-refractivity contribution in [2.45, 2.75) is 11.8 Å². The number of anilines is 2. The minimum absolute atomic E-state index is 0.149. The predicted molar refractivity (Wildman–Crippen MR) is 99.5 cm³/mol. The molecule has 2 aromatic carbocycles. The lowest BCUT2D eigenvalue weighted by atomic mass is 10.3. The van der Waals surface area contributed by atoms with Crippen LogP contribution in [0.5, 0.6) is 0 Å².